The van der Waals surface area contributed by atoms with Gasteiger partial charge in [-0.15, -0.1) is 0 Å². The Kier molecular flexibility index (Phi) is 11.6. The molecule has 0 aliphatic carbocycles. The van der Waals surface area contributed by atoms with Gasteiger partial charge < -0.3 is 0 Å². The van der Waals surface area contributed by atoms with Gasteiger partial charge in [-0.25, -0.2) is 0 Å². The van der Waals surface area contributed by atoms with Crippen molar-refractivity contribution in [1.29, 1.82) is 0 Å². The number of rotatable bonds is 12. The minimum absolute atomic E-state index is 0.538. The van der Waals surface area contributed by atoms with Crippen LogP contribution in [0.4, 0.5) is 0 Å². The Morgan fingerprint density at radius 3 is 1.15 bits per heavy atom. The summed E-state index contributed by atoms with van der Waals surface area (Å²) in [7, 11) is 0. The highest BCUT2D eigenvalue weighted by molar-refractivity contribution is 4.90. The summed E-state index contributed by atoms with van der Waals surface area (Å²) in [5, 5.41) is 0. The molecule has 0 radical (unpaired) electrons. The fourth-order valence-electron chi connectivity index (χ4n) is 5.06. The third-order valence-corrected chi connectivity index (χ3v) is 6.86. The molecule has 0 aromatic heterocycles. The monoisotopic (exact) mass is 369 g/mol. The highest BCUT2D eigenvalue weighted by atomic mass is 15.3. The Morgan fingerprint density at radius 2 is 0.846 bits per heavy atom. The minimum atomic E-state index is 0.538. The standard InChI is InChI=1S/C23H51N3/c1-14-24(16(3)4)20(10)19(9)21(11)26(18(7)8)23(13)22(12)25(15-2)17(5)6/h16-23H,14-15H2,1-13H3. The largest absolute Gasteiger partial charge is 0.298 e. The average molecular weight is 370 g/mol. The molecular formula is C23H51N3. The lowest BCUT2D eigenvalue weighted by Gasteiger charge is -2.48. The third-order valence-electron chi connectivity index (χ3n) is 6.86. The Morgan fingerprint density at radius 1 is 0.462 bits per heavy atom. The summed E-state index contributed by atoms with van der Waals surface area (Å²) in [6.07, 6.45) is 0. The first-order chi connectivity index (χ1) is 11.9. The number of hydrogen-bond acceptors (Lipinski definition) is 3. The van der Waals surface area contributed by atoms with Gasteiger partial charge in [0.05, 0.1) is 0 Å². The van der Waals surface area contributed by atoms with Gasteiger partial charge in [0.2, 0.25) is 0 Å². The molecule has 0 aromatic rings. The Bertz CT molecular complexity index is 366. The molecule has 0 spiro atoms. The van der Waals surface area contributed by atoms with Crippen molar-refractivity contribution in [2.45, 2.75) is 132 Å². The van der Waals surface area contributed by atoms with Crippen LogP contribution in [0.1, 0.15) is 90.0 Å². The van der Waals surface area contributed by atoms with Crippen molar-refractivity contribution in [2.75, 3.05) is 13.1 Å². The zero-order valence-electron chi connectivity index (χ0n) is 20.4. The molecular weight excluding hydrogens is 318 g/mol. The summed E-state index contributed by atoms with van der Waals surface area (Å²) in [4.78, 5) is 8.04. The van der Waals surface area contributed by atoms with E-state index in [1.807, 2.05) is 0 Å². The molecule has 0 N–H and O–H groups in total. The Hall–Kier alpha value is -0.120. The van der Waals surface area contributed by atoms with E-state index in [0.29, 0.717) is 48.2 Å². The van der Waals surface area contributed by atoms with Crippen molar-refractivity contribution >= 4 is 0 Å². The first-order valence-corrected chi connectivity index (χ1v) is 11.2. The summed E-state index contributed by atoms with van der Waals surface area (Å²) in [5.41, 5.74) is 0. The fourth-order valence-corrected chi connectivity index (χ4v) is 5.06. The second kappa shape index (κ2) is 11.7. The second-order valence-electron chi connectivity index (χ2n) is 9.21. The summed E-state index contributed by atoms with van der Waals surface area (Å²) in [6.45, 7) is 33.0. The summed E-state index contributed by atoms with van der Waals surface area (Å²) < 4.78 is 0. The molecule has 0 aliphatic heterocycles. The van der Waals surface area contributed by atoms with Crippen LogP contribution in [-0.2, 0) is 0 Å². The quantitative estimate of drug-likeness (QED) is 0.459. The van der Waals surface area contributed by atoms with Gasteiger partial charge >= 0.3 is 0 Å². The molecule has 5 atom stereocenters. The molecule has 0 aromatic carbocycles. The van der Waals surface area contributed by atoms with Crippen molar-refractivity contribution in [3.63, 3.8) is 0 Å². The summed E-state index contributed by atoms with van der Waals surface area (Å²) in [6, 6.07) is 3.99. The normalized spacial score (nSPS) is 19.0. The van der Waals surface area contributed by atoms with Crippen LogP contribution in [0.5, 0.6) is 0 Å². The molecule has 158 valence electrons. The van der Waals surface area contributed by atoms with E-state index in [2.05, 4.69) is 105 Å². The van der Waals surface area contributed by atoms with E-state index in [1.54, 1.807) is 0 Å². The van der Waals surface area contributed by atoms with Gasteiger partial charge in [-0.2, -0.15) is 0 Å². The Balaban J connectivity index is 5.46. The smallest absolute Gasteiger partial charge is 0.0226 e. The molecule has 0 fully saturated rings. The molecule has 3 heteroatoms. The molecule has 0 saturated carbocycles. The number of nitrogens with zero attached hydrogens (tertiary/aromatic N) is 3. The maximum absolute atomic E-state index is 2.77. The molecule has 0 bridgehead atoms. The molecule has 3 nitrogen and oxygen atoms in total. The zero-order chi connectivity index (χ0) is 20.8. The van der Waals surface area contributed by atoms with Crippen LogP contribution in [0.3, 0.4) is 0 Å². The van der Waals surface area contributed by atoms with E-state index >= 15 is 0 Å². The van der Waals surface area contributed by atoms with Crippen LogP contribution in [0.15, 0.2) is 0 Å². The first kappa shape index (κ1) is 25.9. The molecule has 26 heavy (non-hydrogen) atoms. The van der Waals surface area contributed by atoms with Gasteiger partial charge in [0.25, 0.3) is 0 Å². The van der Waals surface area contributed by atoms with E-state index in [-0.39, 0.29) is 0 Å². The van der Waals surface area contributed by atoms with Crippen LogP contribution in [0, 0.1) is 5.92 Å². The SMILES string of the molecule is CCN(C(C)C)C(C)C(C)C(C)N(C(C)C)C(C)C(C)N(CC)C(C)C. The second-order valence-corrected chi connectivity index (χ2v) is 9.21. The van der Waals surface area contributed by atoms with Gasteiger partial charge in [0, 0.05) is 42.3 Å². The van der Waals surface area contributed by atoms with E-state index in [9.17, 15) is 0 Å². The molecule has 0 heterocycles. The van der Waals surface area contributed by atoms with Gasteiger partial charge in [-0.1, -0.05) is 20.8 Å². The van der Waals surface area contributed by atoms with E-state index in [4.69, 9.17) is 0 Å². The van der Waals surface area contributed by atoms with Crippen LogP contribution in [0.2, 0.25) is 0 Å². The topological polar surface area (TPSA) is 9.72 Å². The van der Waals surface area contributed by atoms with Crippen LogP contribution in [-0.4, -0.2) is 70.1 Å². The summed E-state index contributed by atoms with van der Waals surface area (Å²) in [5.74, 6) is 0.628. The van der Waals surface area contributed by atoms with Crippen LogP contribution in [0.25, 0.3) is 0 Å². The van der Waals surface area contributed by atoms with Crippen molar-refractivity contribution in [3.8, 4) is 0 Å². The van der Waals surface area contributed by atoms with Crippen LogP contribution < -0.4 is 0 Å². The first-order valence-electron chi connectivity index (χ1n) is 11.2. The minimum Gasteiger partial charge on any atom is -0.298 e. The van der Waals surface area contributed by atoms with Crippen molar-refractivity contribution in [1.82, 2.24) is 14.7 Å². The highest BCUT2D eigenvalue weighted by Crippen LogP contribution is 2.26. The zero-order valence-corrected chi connectivity index (χ0v) is 20.4. The van der Waals surface area contributed by atoms with E-state index in [0.717, 1.165) is 13.1 Å². The van der Waals surface area contributed by atoms with Gasteiger partial charge in [-0.3, -0.25) is 14.7 Å². The Labute approximate surface area is 166 Å². The van der Waals surface area contributed by atoms with Crippen molar-refractivity contribution in [2.24, 2.45) is 5.92 Å². The molecule has 0 saturated heterocycles. The van der Waals surface area contributed by atoms with Crippen molar-refractivity contribution in [3.05, 3.63) is 0 Å². The maximum Gasteiger partial charge on any atom is 0.0226 e. The number of hydrogen-bond donors (Lipinski definition) is 0. The lowest BCUT2D eigenvalue weighted by atomic mass is 9.89. The molecule has 0 aliphatic rings. The van der Waals surface area contributed by atoms with Gasteiger partial charge in [0.15, 0.2) is 0 Å². The predicted octanol–water partition coefficient (Wildman–Crippen LogP) is 5.35. The van der Waals surface area contributed by atoms with Crippen molar-refractivity contribution < 1.29 is 0 Å². The number of likely N-dealkylation sites (N-methyl/N-ethyl adjacent to an activating group) is 1. The lowest BCUT2D eigenvalue weighted by molar-refractivity contribution is 0.000135. The van der Waals surface area contributed by atoms with E-state index < -0.39 is 0 Å². The molecule has 0 rings (SSSR count). The van der Waals surface area contributed by atoms with E-state index in [1.165, 1.54) is 0 Å². The predicted molar refractivity (Wildman–Crippen MR) is 119 cm³/mol. The maximum atomic E-state index is 2.77. The third kappa shape index (κ3) is 6.49. The molecule has 0 amide bonds. The van der Waals surface area contributed by atoms with Crippen LogP contribution >= 0.6 is 0 Å². The van der Waals surface area contributed by atoms with Gasteiger partial charge in [0.1, 0.15) is 0 Å². The highest BCUT2D eigenvalue weighted by Gasteiger charge is 2.35. The molecule has 5 unspecified atom stereocenters. The van der Waals surface area contributed by atoms with Gasteiger partial charge in [-0.05, 0) is 88.2 Å². The summed E-state index contributed by atoms with van der Waals surface area (Å²) >= 11 is 0. The fraction of sp³-hybridized carbons (Fsp3) is 1.00. The lowest BCUT2D eigenvalue weighted by Crippen LogP contribution is -2.58. The average Bonchev–Trinajstić information content (AvgIpc) is 2.53.